The van der Waals surface area contributed by atoms with Crippen LogP contribution in [0.15, 0.2) is 54.6 Å². The summed E-state index contributed by atoms with van der Waals surface area (Å²) in [5.74, 6) is -9.03. The summed E-state index contributed by atoms with van der Waals surface area (Å²) < 4.78 is 121. The van der Waals surface area contributed by atoms with Crippen molar-refractivity contribution in [2.45, 2.75) is 57.5 Å². The summed E-state index contributed by atoms with van der Waals surface area (Å²) >= 11 is 0. The third kappa shape index (κ3) is 5.63. The normalized spacial score (nSPS) is 17.7. The number of hydrogen-bond acceptors (Lipinski definition) is 1. The van der Waals surface area contributed by atoms with E-state index < -0.39 is 57.7 Å². The predicted octanol–water partition coefficient (Wildman–Crippen LogP) is 10.5. The van der Waals surface area contributed by atoms with Gasteiger partial charge in [-0.2, -0.15) is 8.78 Å². The van der Waals surface area contributed by atoms with Crippen molar-refractivity contribution in [2.75, 3.05) is 0 Å². The van der Waals surface area contributed by atoms with Gasteiger partial charge < -0.3 is 4.74 Å². The topological polar surface area (TPSA) is 9.23 Å². The first-order chi connectivity index (χ1) is 19.5. The summed E-state index contributed by atoms with van der Waals surface area (Å²) in [5, 5.41) is -0.919. The van der Waals surface area contributed by atoms with Crippen LogP contribution in [-0.2, 0) is 6.11 Å². The van der Waals surface area contributed by atoms with Crippen molar-refractivity contribution in [3.8, 4) is 16.9 Å². The summed E-state index contributed by atoms with van der Waals surface area (Å²) in [7, 11) is 0. The monoisotopic (exact) mass is 578 g/mol. The van der Waals surface area contributed by atoms with Crippen LogP contribution in [0.5, 0.6) is 5.75 Å². The predicted molar refractivity (Wildman–Crippen MR) is 140 cm³/mol. The number of ether oxygens (including phenoxy) is 1. The Bertz CT molecular complexity index is 1550. The van der Waals surface area contributed by atoms with Gasteiger partial charge in [-0.3, -0.25) is 0 Å². The Hall–Kier alpha value is -3.62. The molecule has 0 radical (unpaired) electrons. The molecule has 0 amide bonds. The summed E-state index contributed by atoms with van der Waals surface area (Å²) in [4.78, 5) is 0. The maximum absolute atomic E-state index is 15.3. The fraction of sp³-hybridized carbons (Fsp3) is 0.312. The highest BCUT2D eigenvalue weighted by Gasteiger charge is 2.39. The van der Waals surface area contributed by atoms with Gasteiger partial charge in [0.25, 0.3) is 0 Å². The molecule has 0 atom stereocenters. The van der Waals surface area contributed by atoms with Gasteiger partial charge in [0.15, 0.2) is 29.1 Å². The van der Waals surface area contributed by atoms with Crippen LogP contribution in [0.4, 0.5) is 35.1 Å². The van der Waals surface area contributed by atoms with Crippen molar-refractivity contribution in [1.82, 2.24) is 0 Å². The summed E-state index contributed by atoms with van der Waals surface area (Å²) in [6.07, 6.45) is 0.941. The third-order valence-electron chi connectivity index (χ3n) is 7.87. The van der Waals surface area contributed by atoms with Gasteiger partial charge in [0.1, 0.15) is 17.1 Å². The zero-order valence-corrected chi connectivity index (χ0v) is 22.0. The van der Waals surface area contributed by atoms with Gasteiger partial charge in [-0.05, 0) is 96.0 Å². The van der Waals surface area contributed by atoms with E-state index in [0.717, 1.165) is 62.1 Å². The van der Waals surface area contributed by atoms with E-state index in [0.29, 0.717) is 18.8 Å². The van der Waals surface area contributed by atoms with Crippen molar-refractivity contribution in [3.63, 3.8) is 0 Å². The molecular weight excluding hydrogens is 552 g/mol. The van der Waals surface area contributed by atoms with Crippen LogP contribution in [0.1, 0.15) is 62.5 Å². The van der Waals surface area contributed by atoms with Crippen LogP contribution < -0.4 is 4.74 Å². The van der Waals surface area contributed by atoms with Gasteiger partial charge in [0.05, 0.1) is 5.39 Å². The van der Waals surface area contributed by atoms with Gasteiger partial charge in [0.2, 0.25) is 0 Å². The van der Waals surface area contributed by atoms with Crippen LogP contribution >= 0.6 is 0 Å². The molecular formula is C32H26F8O. The Morgan fingerprint density at radius 1 is 0.707 bits per heavy atom. The zero-order valence-electron chi connectivity index (χ0n) is 22.0. The number of halogens is 8. The lowest BCUT2D eigenvalue weighted by atomic mass is 9.76. The number of benzene rings is 4. The molecule has 9 heteroatoms. The molecule has 4 aromatic rings. The Balaban J connectivity index is 1.40. The molecule has 1 aliphatic rings. The van der Waals surface area contributed by atoms with Crippen molar-refractivity contribution in [3.05, 3.63) is 101 Å². The highest BCUT2D eigenvalue weighted by molar-refractivity contribution is 5.85. The summed E-state index contributed by atoms with van der Waals surface area (Å²) in [6, 6.07) is 9.18. The van der Waals surface area contributed by atoms with Crippen molar-refractivity contribution >= 4 is 10.8 Å². The van der Waals surface area contributed by atoms with E-state index in [1.54, 1.807) is 0 Å². The lowest BCUT2D eigenvalue weighted by molar-refractivity contribution is -0.187. The first-order valence-electron chi connectivity index (χ1n) is 13.4. The minimum absolute atomic E-state index is 0.0326. The number of alkyl halides is 2. The highest BCUT2D eigenvalue weighted by atomic mass is 19.3. The van der Waals surface area contributed by atoms with E-state index in [2.05, 4.69) is 6.92 Å². The first-order valence-corrected chi connectivity index (χ1v) is 13.4. The van der Waals surface area contributed by atoms with Crippen LogP contribution in [-0.4, -0.2) is 0 Å². The van der Waals surface area contributed by atoms with E-state index in [1.807, 2.05) is 0 Å². The summed E-state index contributed by atoms with van der Waals surface area (Å²) in [5.41, 5.74) is -1.04. The number of rotatable bonds is 7. The number of hydrogen-bond donors (Lipinski definition) is 0. The first kappa shape index (κ1) is 28.9. The van der Waals surface area contributed by atoms with Gasteiger partial charge in [-0.25, -0.2) is 26.3 Å². The minimum atomic E-state index is -4.28. The SMILES string of the molecule is CCCC1CCC(c2cc3ccc(C(F)(F)Oc4ccc(-c5cc(F)c(F)c(F)c5)cc4)c(F)c3c(F)c2F)CC1. The fourth-order valence-corrected chi connectivity index (χ4v) is 5.73. The van der Waals surface area contributed by atoms with Crippen LogP contribution in [0, 0.1) is 40.8 Å². The third-order valence-corrected chi connectivity index (χ3v) is 7.87. The van der Waals surface area contributed by atoms with Crippen LogP contribution in [0.25, 0.3) is 21.9 Å². The standard InChI is InChI=1S/C32H26F8O/c1-2-3-17-4-6-19(7-5-17)23-14-20-10-13-24(29(36)27(20)31(38)28(23)35)32(39,40)41-22-11-8-18(9-12-22)21-15-25(33)30(37)26(34)16-21/h8-17,19H,2-7H2,1H3. The smallest absolute Gasteiger partial charge is 0.429 e. The molecule has 0 aliphatic heterocycles. The second kappa shape index (κ2) is 11.3. The molecule has 5 rings (SSSR count). The molecule has 0 aromatic heterocycles. The second-order valence-electron chi connectivity index (χ2n) is 10.5. The second-order valence-corrected chi connectivity index (χ2v) is 10.5. The Labute approximate surface area is 231 Å². The number of fused-ring (bicyclic) bond motifs is 1. The van der Waals surface area contributed by atoms with Crippen LogP contribution in [0.3, 0.4) is 0 Å². The highest BCUT2D eigenvalue weighted by Crippen LogP contribution is 2.42. The van der Waals surface area contributed by atoms with E-state index in [9.17, 15) is 13.2 Å². The van der Waals surface area contributed by atoms with E-state index >= 15 is 22.0 Å². The maximum Gasteiger partial charge on any atom is 0.429 e. The molecule has 4 aromatic carbocycles. The van der Waals surface area contributed by atoms with Gasteiger partial charge in [-0.15, -0.1) is 0 Å². The molecule has 41 heavy (non-hydrogen) atoms. The average molecular weight is 579 g/mol. The molecule has 1 nitrogen and oxygen atoms in total. The molecule has 0 N–H and O–H groups in total. The summed E-state index contributed by atoms with van der Waals surface area (Å²) in [6.45, 7) is 2.10. The van der Waals surface area contributed by atoms with Crippen LogP contribution in [0.2, 0.25) is 0 Å². The minimum Gasteiger partial charge on any atom is -0.429 e. The molecule has 216 valence electrons. The van der Waals surface area contributed by atoms with Gasteiger partial charge in [0, 0.05) is 0 Å². The van der Waals surface area contributed by atoms with Crippen molar-refractivity contribution in [2.24, 2.45) is 5.92 Å². The molecule has 0 heterocycles. The molecule has 1 aliphatic carbocycles. The Kier molecular flexibility index (Phi) is 7.99. The lowest BCUT2D eigenvalue weighted by Crippen LogP contribution is -2.23. The maximum atomic E-state index is 15.3. The molecule has 1 saturated carbocycles. The molecule has 0 unspecified atom stereocenters. The Morgan fingerprint density at radius 2 is 1.34 bits per heavy atom. The van der Waals surface area contributed by atoms with E-state index in [-0.39, 0.29) is 28.0 Å². The largest absolute Gasteiger partial charge is 0.429 e. The quantitative estimate of drug-likeness (QED) is 0.157. The van der Waals surface area contributed by atoms with Gasteiger partial charge >= 0.3 is 6.11 Å². The molecule has 1 fully saturated rings. The molecule has 0 bridgehead atoms. The van der Waals surface area contributed by atoms with Crippen molar-refractivity contribution < 1.29 is 39.9 Å². The Morgan fingerprint density at radius 3 is 1.95 bits per heavy atom. The van der Waals surface area contributed by atoms with E-state index in [1.165, 1.54) is 18.2 Å². The zero-order chi connectivity index (χ0) is 29.5. The molecule has 0 saturated heterocycles. The van der Waals surface area contributed by atoms with Crippen molar-refractivity contribution in [1.29, 1.82) is 0 Å². The van der Waals surface area contributed by atoms with E-state index in [4.69, 9.17) is 4.74 Å². The van der Waals surface area contributed by atoms with Gasteiger partial charge in [-0.1, -0.05) is 38.0 Å². The lowest BCUT2D eigenvalue weighted by Gasteiger charge is -2.29. The molecule has 0 spiro atoms. The average Bonchev–Trinajstić information content (AvgIpc) is 2.94. The fourth-order valence-electron chi connectivity index (χ4n) is 5.73.